The summed E-state index contributed by atoms with van der Waals surface area (Å²) in [6.45, 7) is 4.42. The molecule has 17 heavy (non-hydrogen) atoms. The lowest BCUT2D eigenvalue weighted by Crippen LogP contribution is -1.95. The van der Waals surface area contributed by atoms with E-state index in [1.54, 1.807) is 0 Å². The van der Waals surface area contributed by atoms with E-state index in [2.05, 4.69) is 29.3 Å². The highest BCUT2D eigenvalue weighted by molar-refractivity contribution is 5.27. The molecule has 0 fully saturated rings. The van der Waals surface area contributed by atoms with Crippen molar-refractivity contribution >= 4 is 0 Å². The zero-order chi connectivity index (χ0) is 12.1. The predicted molar refractivity (Wildman–Crippen MR) is 63.8 cm³/mol. The van der Waals surface area contributed by atoms with E-state index in [4.69, 9.17) is 9.15 Å². The molecule has 1 aromatic carbocycles. The summed E-state index contributed by atoms with van der Waals surface area (Å²) >= 11 is 0. The zero-order valence-corrected chi connectivity index (χ0v) is 10.1. The van der Waals surface area contributed by atoms with Crippen LogP contribution in [0.4, 0.5) is 0 Å². The van der Waals surface area contributed by atoms with Gasteiger partial charge in [-0.05, 0) is 24.1 Å². The topological polar surface area (TPSA) is 48.2 Å². The molecule has 2 rings (SSSR count). The molecule has 2 aromatic rings. The van der Waals surface area contributed by atoms with Crippen LogP contribution in [-0.4, -0.2) is 10.2 Å². The lowest BCUT2D eigenvalue weighted by atomic mass is 10.2. The third-order valence-electron chi connectivity index (χ3n) is 2.51. The maximum atomic E-state index is 5.55. The average molecular weight is 232 g/mol. The van der Waals surface area contributed by atoms with E-state index < -0.39 is 0 Å². The van der Waals surface area contributed by atoms with Crippen LogP contribution in [0.2, 0.25) is 0 Å². The first-order valence-electron chi connectivity index (χ1n) is 5.84. The van der Waals surface area contributed by atoms with Gasteiger partial charge in [-0.25, -0.2) is 0 Å². The van der Waals surface area contributed by atoms with Gasteiger partial charge in [0.2, 0.25) is 5.89 Å². The molecule has 0 aliphatic carbocycles. The van der Waals surface area contributed by atoms with E-state index in [0.29, 0.717) is 18.4 Å². The summed E-state index contributed by atoms with van der Waals surface area (Å²) in [5, 5.41) is 7.77. The van der Waals surface area contributed by atoms with Gasteiger partial charge in [-0.1, -0.05) is 26.0 Å². The minimum atomic E-state index is 0.318. The Morgan fingerprint density at radius 2 is 1.71 bits per heavy atom. The van der Waals surface area contributed by atoms with Crippen molar-refractivity contribution in [3.63, 3.8) is 0 Å². The van der Waals surface area contributed by atoms with Crippen molar-refractivity contribution in [3.05, 3.63) is 41.6 Å². The van der Waals surface area contributed by atoms with E-state index in [1.165, 1.54) is 5.56 Å². The Morgan fingerprint density at radius 1 is 1.00 bits per heavy atom. The number of benzene rings is 1. The average Bonchev–Trinajstić information content (AvgIpc) is 2.85. The molecule has 0 bridgehead atoms. The molecule has 0 amide bonds. The monoisotopic (exact) mass is 232 g/mol. The summed E-state index contributed by atoms with van der Waals surface area (Å²) in [5.41, 5.74) is 1.29. The molecule has 0 aliphatic heterocycles. The largest absolute Gasteiger partial charge is 0.484 e. The first-order valence-corrected chi connectivity index (χ1v) is 5.84. The van der Waals surface area contributed by atoms with E-state index in [-0.39, 0.29) is 0 Å². The molecule has 0 saturated carbocycles. The highest BCUT2D eigenvalue weighted by atomic mass is 16.5. The van der Waals surface area contributed by atoms with Gasteiger partial charge >= 0.3 is 0 Å². The fourth-order valence-electron chi connectivity index (χ4n) is 1.46. The van der Waals surface area contributed by atoms with E-state index in [9.17, 15) is 0 Å². The smallest absolute Gasteiger partial charge is 0.253 e. The Bertz CT molecular complexity index is 463. The van der Waals surface area contributed by atoms with E-state index >= 15 is 0 Å². The summed E-state index contributed by atoms with van der Waals surface area (Å²) in [6.07, 6.45) is 1.78. The van der Waals surface area contributed by atoms with Crippen LogP contribution in [0.5, 0.6) is 5.75 Å². The first-order chi connectivity index (χ1) is 8.31. The van der Waals surface area contributed by atoms with Crippen molar-refractivity contribution in [1.82, 2.24) is 10.2 Å². The van der Waals surface area contributed by atoms with E-state index in [1.807, 2.05) is 19.1 Å². The normalized spacial score (nSPS) is 10.5. The van der Waals surface area contributed by atoms with Crippen LogP contribution >= 0.6 is 0 Å². The number of aryl methyl sites for hydroxylation is 2. The maximum Gasteiger partial charge on any atom is 0.253 e. The molecule has 1 heterocycles. The summed E-state index contributed by atoms with van der Waals surface area (Å²) in [5.74, 6) is 1.98. The molecule has 0 unspecified atom stereocenters. The van der Waals surface area contributed by atoms with Crippen LogP contribution in [-0.2, 0) is 19.4 Å². The van der Waals surface area contributed by atoms with Gasteiger partial charge in [0.15, 0.2) is 6.61 Å². The molecule has 1 aromatic heterocycles. The lowest BCUT2D eigenvalue weighted by Gasteiger charge is -2.03. The summed E-state index contributed by atoms with van der Waals surface area (Å²) < 4.78 is 10.9. The second kappa shape index (κ2) is 5.48. The Kier molecular flexibility index (Phi) is 3.75. The molecular weight excluding hydrogens is 216 g/mol. The van der Waals surface area contributed by atoms with Gasteiger partial charge in [0, 0.05) is 6.42 Å². The second-order valence-electron chi connectivity index (χ2n) is 3.73. The summed E-state index contributed by atoms with van der Waals surface area (Å²) in [6, 6.07) is 8.02. The molecule has 0 saturated heterocycles. The minimum Gasteiger partial charge on any atom is -0.484 e. The lowest BCUT2D eigenvalue weighted by molar-refractivity contribution is 0.259. The molecule has 0 aliphatic rings. The van der Waals surface area contributed by atoms with Crippen molar-refractivity contribution in [3.8, 4) is 5.75 Å². The third-order valence-corrected chi connectivity index (χ3v) is 2.51. The van der Waals surface area contributed by atoms with Crippen molar-refractivity contribution in [2.75, 3.05) is 0 Å². The summed E-state index contributed by atoms with van der Waals surface area (Å²) in [4.78, 5) is 0. The Morgan fingerprint density at radius 3 is 2.29 bits per heavy atom. The standard InChI is InChI=1S/C13H16N2O2/c1-3-10-5-7-11(8-6-10)16-9-13-15-14-12(4-2)17-13/h5-8H,3-4,9H2,1-2H3. The van der Waals surface area contributed by atoms with Crippen LogP contribution in [0.3, 0.4) is 0 Å². The molecule has 4 nitrogen and oxygen atoms in total. The van der Waals surface area contributed by atoms with Crippen LogP contribution in [0.25, 0.3) is 0 Å². The van der Waals surface area contributed by atoms with Gasteiger partial charge in [0.1, 0.15) is 5.75 Å². The van der Waals surface area contributed by atoms with Crippen molar-refractivity contribution in [2.24, 2.45) is 0 Å². The second-order valence-corrected chi connectivity index (χ2v) is 3.73. The molecule has 0 atom stereocenters. The van der Waals surface area contributed by atoms with Crippen LogP contribution in [0, 0.1) is 0 Å². The highest BCUT2D eigenvalue weighted by Gasteiger charge is 2.04. The van der Waals surface area contributed by atoms with Crippen LogP contribution in [0.15, 0.2) is 28.7 Å². The SMILES string of the molecule is CCc1ccc(OCc2nnc(CC)o2)cc1. The minimum absolute atomic E-state index is 0.318. The Hall–Kier alpha value is -1.84. The number of ether oxygens (including phenoxy) is 1. The Balaban J connectivity index is 1.92. The fourth-order valence-corrected chi connectivity index (χ4v) is 1.46. The number of hydrogen-bond acceptors (Lipinski definition) is 4. The molecule has 90 valence electrons. The van der Waals surface area contributed by atoms with Gasteiger partial charge in [0.05, 0.1) is 0 Å². The molecule has 0 spiro atoms. The third kappa shape index (κ3) is 3.06. The predicted octanol–water partition coefficient (Wildman–Crippen LogP) is 2.77. The molecule has 0 N–H and O–H groups in total. The summed E-state index contributed by atoms with van der Waals surface area (Å²) in [7, 11) is 0. The number of aromatic nitrogens is 2. The quantitative estimate of drug-likeness (QED) is 0.795. The molecule has 0 radical (unpaired) electrons. The van der Waals surface area contributed by atoms with Crippen molar-refractivity contribution < 1.29 is 9.15 Å². The van der Waals surface area contributed by atoms with Gasteiger partial charge in [-0.3, -0.25) is 0 Å². The Labute approximate surface area is 101 Å². The first kappa shape index (κ1) is 11.6. The fraction of sp³-hybridized carbons (Fsp3) is 0.385. The number of nitrogens with zero attached hydrogens (tertiary/aromatic N) is 2. The van der Waals surface area contributed by atoms with Gasteiger partial charge in [-0.2, -0.15) is 0 Å². The van der Waals surface area contributed by atoms with Gasteiger partial charge < -0.3 is 9.15 Å². The number of rotatable bonds is 5. The van der Waals surface area contributed by atoms with Crippen LogP contribution in [0.1, 0.15) is 31.2 Å². The highest BCUT2D eigenvalue weighted by Crippen LogP contribution is 2.14. The van der Waals surface area contributed by atoms with E-state index in [0.717, 1.165) is 18.6 Å². The van der Waals surface area contributed by atoms with Crippen molar-refractivity contribution in [1.29, 1.82) is 0 Å². The van der Waals surface area contributed by atoms with Crippen LogP contribution < -0.4 is 4.74 Å². The molecular formula is C13H16N2O2. The maximum absolute atomic E-state index is 5.55. The van der Waals surface area contributed by atoms with Gasteiger partial charge in [-0.15, -0.1) is 10.2 Å². The van der Waals surface area contributed by atoms with Crippen molar-refractivity contribution in [2.45, 2.75) is 33.3 Å². The molecule has 4 heteroatoms. The zero-order valence-electron chi connectivity index (χ0n) is 10.1. The van der Waals surface area contributed by atoms with Gasteiger partial charge in [0.25, 0.3) is 5.89 Å². The number of hydrogen-bond donors (Lipinski definition) is 0.